The van der Waals surface area contributed by atoms with Crippen molar-refractivity contribution >= 4 is 11.6 Å². The Hall–Kier alpha value is -1.40. The van der Waals surface area contributed by atoms with Gasteiger partial charge >= 0.3 is 0 Å². The largest absolute Gasteiger partial charge is 0.377 e. The van der Waals surface area contributed by atoms with Gasteiger partial charge < -0.3 is 20.3 Å². The molecule has 1 fully saturated rings. The molecule has 1 atom stereocenters. The second-order valence-corrected chi connectivity index (χ2v) is 5.29. The summed E-state index contributed by atoms with van der Waals surface area (Å²) < 4.78 is 5.11. The van der Waals surface area contributed by atoms with Gasteiger partial charge in [0.2, 0.25) is 0 Å². The SMILES string of the molecule is CNc1cc(NC(C)CN2CCCC2)nc(COC)n1. The Morgan fingerprint density at radius 2 is 2.00 bits per heavy atom. The van der Waals surface area contributed by atoms with Gasteiger partial charge in [-0.1, -0.05) is 0 Å². The molecule has 6 nitrogen and oxygen atoms in total. The first-order valence-corrected chi connectivity index (χ1v) is 7.25. The molecule has 2 N–H and O–H groups in total. The molecule has 0 aliphatic carbocycles. The lowest BCUT2D eigenvalue weighted by molar-refractivity contribution is 0.178. The predicted octanol–water partition coefficient (Wildman–Crippen LogP) is 1.56. The number of methoxy groups -OCH3 is 1. The molecule has 1 aliphatic heterocycles. The summed E-state index contributed by atoms with van der Waals surface area (Å²) in [6, 6.07) is 2.29. The second-order valence-electron chi connectivity index (χ2n) is 5.29. The van der Waals surface area contributed by atoms with E-state index in [0.717, 1.165) is 18.2 Å². The number of ether oxygens (including phenoxy) is 1. The van der Waals surface area contributed by atoms with E-state index in [1.807, 2.05) is 13.1 Å². The molecule has 0 amide bonds. The maximum atomic E-state index is 5.11. The van der Waals surface area contributed by atoms with Crippen molar-refractivity contribution in [2.75, 3.05) is 44.4 Å². The molecule has 1 aliphatic rings. The zero-order valence-electron chi connectivity index (χ0n) is 12.6. The van der Waals surface area contributed by atoms with Gasteiger partial charge in [-0.2, -0.15) is 0 Å². The minimum Gasteiger partial charge on any atom is -0.377 e. The standard InChI is InChI=1S/C14H25N5O/c1-11(9-19-6-4-5-7-19)16-13-8-12(15-2)17-14(18-13)10-20-3/h8,11H,4-7,9-10H2,1-3H3,(H2,15,16,17,18). The number of aromatic nitrogens is 2. The fraction of sp³-hybridized carbons (Fsp3) is 0.714. The van der Waals surface area contributed by atoms with E-state index in [-0.39, 0.29) is 0 Å². The summed E-state index contributed by atoms with van der Waals surface area (Å²) in [4.78, 5) is 11.3. The van der Waals surface area contributed by atoms with Gasteiger partial charge in [0, 0.05) is 32.8 Å². The molecule has 0 spiro atoms. The summed E-state index contributed by atoms with van der Waals surface area (Å²) in [6.07, 6.45) is 2.64. The van der Waals surface area contributed by atoms with Gasteiger partial charge in [0.05, 0.1) is 0 Å². The molecule has 2 heterocycles. The molecule has 1 saturated heterocycles. The number of hydrogen-bond donors (Lipinski definition) is 2. The van der Waals surface area contributed by atoms with E-state index in [1.54, 1.807) is 7.11 Å². The van der Waals surface area contributed by atoms with Crippen LogP contribution >= 0.6 is 0 Å². The maximum Gasteiger partial charge on any atom is 0.158 e. The van der Waals surface area contributed by atoms with Crippen LogP contribution in [0.2, 0.25) is 0 Å². The van der Waals surface area contributed by atoms with E-state index in [0.29, 0.717) is 18.5 Å². The lowest BCUT2D eigenvalue weighted by Gasteiger charge is -2.22. The van der Waals surface area contributed by atoms with Crippen LogP contribution in [0.1, 0.15) is 25.6 Å². The summed E-state index contributed by atoms with van der Waals surface area (Å²) in [5.74, 6) is 2.35. The predicted molar refractivity (Wildman–Crippen MR) is 81.1 cm³/mol. The lowest BCUT2D eigenvalue weighted by atomic mass is 10.3. The normalized spacial score (nSPS) is 17.1. The number of rotatable bonds is 7. The van der Waals surface area contributed by atoms with E-state index in [4.69, 9.17) is 4.74 Å². The summed E-state index contributed by atoms with van der Waals surface area (Å²) >= 11 is 0. The van der Waals surface area contributed by atoms with E-state index >= 15 is 0 Å². The highest BCUT2D eigenvalue weighted by Crippen LogP contribution is 2.14. The van der Waals surface area contributed by atoms with Crippen LogP contribution in [0.25, 0.3) is 0 Å². The molecule has 0 bridgehead atoms. The van der Waals surface area contributed by atoms with Crippen molar-refractivity contribution in [2.24, 2.45) is 0 Å². The second kappa shape index (κ2) is 7.40. The third-order valence-corrected chi connectivity index (χ3v) is 3.43. The number of anilines is 2. The smallest absolute Gasteiger partial charge is 0.158 e. The molecule has 1 aromatic heterocycles. The van der Waals surface area contributed by atoms with Crippen molar-refractivity contribution < 1.29 is 4.74 Å². The van der Waals surface area contributed by atoms with Crippen molar-refractivity contribution in [3.8, 4) is 0 Å². The van der Waals surface area contributed by atoms with Crippen molar-refractivity contribution in [2.45, 2.75) is 32.4 Å². The fourth-order valence-corrected chi connectivity index (χ4v) is 2.54. The zero-order chi connectivity index (χ0) is 14.4. The van der Waals surface area contributed by atoms with Crippen LogP contribution in [0.3, 0.4) is 0 Å². The van der Waals surface area contributed by atoms with Gasteiger partial charge in [-0.05, 0) is 32.9 Å². The molecule has 0 radical (unpaired) electrons. The van der Waals surface area contributed by atoms with Crippen molar-refractivity contribution in [3.63, 3.8) is 0 Å². The molecule has 0 saturated carbocycles. The monoisotopic (exact) mass is 279 g/mol. The summed E-state index contributed by atoms with van der Waals surface area (Å²) in [7, 11) is 3.51. The van der Waals surface area contributed by atoms with Gasteiger partial charge in [0.25, 0.3) is 0 Å². The third-order valence-electron chi connectivity index (χ3n) is 3.43. The van der Waals surface area contributed by atoms with E-state index < -0.39 is 0 Å². The Labute approximate surface area is 120 Å². The molecular weight excluding hydrogens is 254 g/mol. The Balaban J connectivity index is 1.97. The molecule has 1 aromatic rings. The number of likely N-dealkylation sites (tertiary alicyclic amines) is 1. The quantitative estimate of drug-likeness (QED) is 0.790. The molecule has 112 valence electrons. The Bertz CT molecular complexity index is 420. The van der Waals surface area contributed by atoms with Gasteiger partial charge in [0.1, 0.15) is 18.2 Å². The fourth-order valence-electron chi connectivity index (χ4n) is 2.54. The molecule has 20 heavy (non-hydrogen) atoms. The van der Waals surface area contributed by atoms with Crippen LogP contribution in [0.4, 0.5) is 11.6 Å². The lowest BCUT2D eigenvalue weighted by Crippen LogP contribution is -2.33. The van der Waals surface area contributed by atoms with Crippen LogP contribution in [0.5, 0.6) is 0 Å². The maximum absolute atomic E-state index is 5.11. The first-order chi connectivity index (χ1) is 9.71. The summed E-state index contributed by atoms with van der Waals surface area (Å²) in [5.41, 5.74) is 0. The van der Waals surface area contributed by atoms with Gasteiger partial charge in [-0.3, -0.25) is 0 Å². The Morgan fingerprint density at radius 3 is 2.65 bits per heavy atom. The molecular formula is C14H25N5O. The van der Waals surface area contributed by atoms with Crippen molar-refractivity contribution in [3.05, 3.63) is 11.9 Å². The van der Waals surface area contributed by atoms with Crippen LogP contribution in [-0.2, 0) is 11.3 Å². The Kier molecular flexibility index (Phi) is 5.55. The van der Waals surface area contributed by atoms with E-state index in [1.165, 1.54) is 25.9 Å². The molecule has 2 rings (SSSR count). The first-order valence-electron chi connectivity index (χ1n) is 7.25. The first kappa shape index (κ1) is 15.0. The molecule has 6 heteroatoms. The van der Waals surface area contributed by atoms with Crippen LogP contribution < -0.4 is 10.6 Å². The average molecular weight is 279 g/mol. The number of nitrogens with zero attached hydrogens (tertiary/aromatic N) is 3. The summed E-state index contributed by atoms with van der Waals surface area (Å²) in [5, 5.41) is 6.51. The summed E-state index contributed by atoms with van der Waals surface area (Å²) in [6.45, 7) is 6.09. The zero-order valence-corrected chi connectivity index (χ0v) is 12.6. The van der Waals surface area contributed by atoms with Crippen molar-refractivity contribution in [1.82, 2.24) is 14.9 Å². The van der Waals surface area contributed by atoms with E-state index in [9.17, 15) is 0 Å². The molecule has 0 aromatic carbocycles. The van der Waals surface area contributed by atoms with Gasteiger partial charge in [0.15, 0.2) is 5.82 Å². The van der Waals surface area contributed by atoms with Gasteiger partial charge in [-0.25, -0.2) is 9.97 Å². The third kappa shape index (κ3) is 4.31. The van der Waals surface area contributed by atoms with E-state index in [2.05, 4.69) is 32.4 Å². The molecule has 1 unspecified atom stereocenters. The number of nitrogens with one attached hydrogen (secondary N) is 2. The van der Waals surface area contributed by atoms with Crippen LogP contribution in [0.15, 0.2) is 6.07 Å². The highest BCUT2D eigenvalue weighted by atomic mass is 16.5. The van der Waals surface area contributed by atoms with Crippen LogP contribution in [-0.4, -0.2) is 54.7 Å². The highest BCUT2D eigenvalue weighted by Gasteiger charge is 2.15. The topological polar surface area (TPSA) is 62.3 Å². The number of hydrogen-bond acceptors (Lipinski definition) is 6. The minimum absolute atomic E-state index is 0.364. The van der Waals surface area contributed by atoms with Crippen LogP contribution in [0, 0.1) is 0 Å². The van der Waals surface area contributed by atoms with Crippen molar-refractivity contribution in [1.29, 1.82) is 0 Å². The van der Waals surface area contributed by atoms with Gasteiger partial charge in [-0.15, -0.1) is 0 Å². The average Bonchev–Trinajstić information content (AvgIpc) is 2.91. The Morgan fingerprint density at radius 1 is 1.30 bits per heavy atom. The highest BCUT2D eigenvalue weighted by molar-refractivity contribution is 5.47. The minimum atomic E-state index is 0.364.